The van der Waals surface area contributed by atoms with E-state index >= 15 is 0 Å². The number of hydrogen-bond donors (Lipinski definition) is 2. The van der Waals surface area contributed by atoms with Gasteiger partial charge in [-0.3, -0.25) is 0 Å². The Hall–Kier alpha value is -3.45. The van der Waals surface area contributed by atoms with E-state index in [2.05, 4.69) is 26.3 Å². The summed E-state index contributed by atoms with van der Waals surface area (Å²) in [6.07, 6.45) is -0.0871. The maximum atomic E-state index is 12.8. The van der Waals surface area contributed by atoms with Gasteiger partial charge in [0, 0.05) is 36.8 Å². The van der Waals surface area contributed by atoms with E-state index in [9.17, 15) is 23.5 Å². The van der Waals surface area contributed by atoms with Gasteiger partial charge >= 0.3 is 6.18 Å². The molecule has 2 saturated carbocycles. The molecular formula is C25H24F3N5O2. The maximum absolute atomic E-state index is 12.8. The van der Waals surface area contributed by atoms with E-state index < -0.39 is 30.2 Å². The molecule has 2 N–H and O–H groups in total. The molecule has 1 aromatic carbocycles. The third-order valence-electron chi connectivity index (χ3n) is 6.56. The molecule has 35 heavy (non-hydrogen) atoms. The molecule has 2 heterocycles. The van der Waals surface area contributed by atoms with Crippen LogP contribution in [0.1, 0.15) is 44.6 Å². The van der Waals surface area contributed by atoms with Crippen LogP contribution in [0.2, 0.25) is 0 Å². The Morgan fingerprint density at radius 3 is 2.51 bits per heavy atom. The van der Waals surface area contributed by atoms with Gasteiger partial charge in [0.15, 0.2) is 0 Å². The summed E-state index contributed by atoms with van der Waals surface area (Å²) in [6, 6.07) is 9.10. The first kappa shape index (κ1) is 23.3. The summed E-state index contributed by atoms with van der Waals surface area (Å²) < 4.78 is 44.3. The highest BCUT2D eigenvalue weighted by Crippen LogP contribution is 2.48. The van der Waals surface area contributed by atoms with E-state index in [1.807, 2.05) is 24.3 Å². The highest BCUT2D eigenvalue weighted by Gasteiger charge is 2.44. The van der Waals surface area contributed by atoms with Gasteiger partial charge < -0.3 is 15.2 Å². The Labute approximate surface area is 200 Å². The number of alkyl halides is 3. The van der Waals surface area contributed by atoms with Gasteiger partial charge in [-0.1, -0.05) is 24.3 Å². The average Bonchev–Trinajstić information content (AvgIpc) is 3.58. The number of pyridine rings is 1. The Morgan fingerprint density at radius 1 is 1.20 bits per heavy atom. The third kappa shape index (κ3) is 4.86. The number of rotatable bonds is 7. The van der Waals surface area contributed by atoms with Crippen LogP contribution in [-0.2, 0) is 5.41 Å². The molecule has 0 bridgehead atoms. The lowest BCUT2D eigenvalue weighted by atomic mass is 9.92. The van der Waals surface area contributed by atoms with E-state index in [1.165, 1.54) is 13.1 Å². The van der Waals surface area contributed by atoms with Crippen LogP contribution in [-0.4, -0.2) is 44.5 Å². The smallest absolute Gasteiger partial charge is 0.391 e. The summed E-state index contributed by atoms with van der Waals surface area (Å²) in [5.74, 6) is 0.387. The summed E-state index contributed by atoms with van der Waals surface area (Å²) >= 11 is 0. The van der Waals surface area contributed by atoms with Crippen molar-refractivity contribution in [2.75, 3.05) is 5.32 Å². The molecule has 1 atom stereocenters. The van der Waals surface area contributed by atoms with Gasteiger partial charge in [0.25, 0.3) is 0 Å². The summed E-state index contributed by atoms with van der Waals surface area (Å²) in [7, 11) is 0. The predicted molar refractivity (Wildman–Crippen MR) is 123 cm³/mol. The van der Waals surface area contributed by atoms with Gasteiger partial charge in [-0.2, -0.15) is 18.4 Å². The number of aromatic nitrogens is 3. The minimum atomic E-state index is -4.31. The zero-order chi connectivity index (χ0) is 24.8. The van der Waals surface area contributed by atoms with Crippen LogP contribution in [0.15, 0.2) is 36.7 Å². The van der Waals surface area contributed by atoms with E-state index in [-0.39, 0.29) is 12.1 Å². The summed E-state index contributed by atoms with van der Waals surface area (Å²) in [5.41, 5.74) is 2.52. The second kappa shape index (κ2) is 8.64. The van der Waals surface area contributed by atoms with Crippen LogP contribution in [0, 0.1) is 11.3 Å². The second-order valence-corrected chi connectivity index (χ2v) is 9.43. The minimum absolute atomic E-state index is 0.0738. The van der Waals surface area contributed by atoms with Crippen LogP contribution in [0.4, 0.5) is 19.1 Å². The fraction of sp³-hybridized carbons (Fsp3) is 0.440. The molecule has 0 radical (unpaired) electrons. The van der Waals surface area contributed by atoms with E-state index in [0.29, 0.717) is 35.2 Å². The first-order valence-electron chi connectivity index (χ1n) is 11.5. The van der Waals surface area contributed by atoms with Crippen molar-refractivity contribution < 1.29 is 23.0 Å². The SMILES string of the molecule is C[C@@H](CC(F)(F)F)Nc1ncc2c(OC3CC(O)C3)ncc(-c3ccc(C4(C#N)CC4)cc3)c2n1. The molecule has 3 aromatic rings. The standard InChI is InChI=1S/C25H24F3N5O2/c1-14(10-25(26,27)28)32-23-31-12-20-21(33-23)19(11-30-22(20)35-18-8-17(34)9-18)15-2-4-16(5-3-15)24(13-29)6-7-24/h2-5,11-12,14,17-18,34H,6-10H2,1H3,(H,31,32,33)/t14-,17?,18?/m0/s1. The molecule has 2 fully saturated rings. The van der Waals surface area contributed by atoms with Crippen LogP contribution in [0.3, 0.4) is 0 Å². The maximum Gasteiger partial charge on any atom is 0.391 e. The largest absolute Gasteiger partial charge is 0.474 e. The Morgan fingerprint density at radius 2 is 1.91 bits per heavy atom. The van der Waals surface area contributed by atoms with Crippen molar-refractivity contribution in [3.8, 4) is 23.1 Å². The quantitative estimate of drug-likeness (QED) is 0.493. The first-order chi connectivity index (χ1) is 16.7. The molecular weight excluding hydrogens is 459 g/mol. The number of nitrogens with zero attached hydrogens (tertiary/aromatic N) is 4. The monoisotopic (exact) mass is 483 g/mol. The Bertz CT molecular complexity index is 1280. The van der Waals surface area contributed by atoms with Crippen molar-refractivity contribution in [3.05, 3.63) is 42.2 Å². The lowest BCUT2D eigenvalue weighted by Crippen LogP contribution is -2.37. The number of anilines is 1. The molecule has 2 aromatic heterocycles. The average molecular weight is 483 g/mol. The molecule has 2 aliphatic rings. The van der Waals surface area contributed by atoms with Crippen LogP contribution < -0.4 is 10.1 Å². The van der Waals surface area contributed by atoms with E-state index in [1.54, 1.807) is 6.20 Å². The van der Waals surface area contributed by atoms with Crippen LogP contribution in [0.25, 0.3) is 22.0 Å². The molecule has 7 nitrogen and oxygen atoms in total. The molecule has 0 unspecified atom stereocenters. The Kier molecular flexibility index (Phi) is 5.75. The van der Waals surface area contributed by atoms with Gasteiger partial charge in [-0.25, -0.2) is 15.0 Å². The minimum Gasteiger partial charge on any atom is -0.474 e. The number of fused-ring (bicyclic) bond motifs is 1. The topological polar surface area (TPSA) is 104 Å². The molecule has 10 heteroatoms. The molecule has 0 spiro atoms. The second-order valence-electron chi connectivity index (χ2n) is 9.43. The number of halogens is 3. The van der Waals surface area contributed by atoms with Crippen molar-refractivity contribution >= 4 is 16.9 Å². The summed E-state index contributed by atoms with van der Waals surface area (Å²) in [4.78, 5) is 13.2. The molecule has 0 aliphatic heterocycles. The zero-order valence-corrected chi connectivity index (χ0v) is 19.0. The number of ether oxygens (including phenoxy) is 1. The van der Waals surface area contributed by atoms with Crippen molar-refractivity contribution in [2.45, 2.75) is 68.9 Å². The number of nitriles is 1. The molecule has 182 valence electrons. The molecule has 0 amide bonds. The van der Waals surface area contributed by atoms with Crippen LogP contribution in [0.5, 0.6) is 5.88 Å². The van der Waals surface area contributed by atoms with E-state index in [0.717, 1.165) is 24.0 Å². The van der Waals surface area contributed by atoms with Crippen molar-refractivity contribution in [3.63, 3.8) is 0 Å². The first-order valence-corrected chi connectivity index (χ1v) is 11.5. The van der Waals surface area contributed by atoms with E-state index in [4.69, 9.17) is 4.74 Å². The zero-order valence-electron chi connectivity index (χ0n) is 19.0. The van der Waals surface area contributed by atoms with Gasteiger partial charge in [0.2, 0.25) is 11.8 Å². The molecule has 2 aliphatic carbocycles. The normalized spacial score (nSPS) is 21.6. The van der Waals surface area contributed by atoms with Gasteiger partial charge in [0.1, 0.15) is 6.10 Å². The molecule has 0 saturated heterocycles. The van der Waals surface area contributed by atoms with Crippen molar-refractivity contribution in [1.29, 1.82) is 5.26 Å². The Balaban J connectivity index is 1.51. The third-order valence-corrected chi connectivity index (χ3v) is 6.56. The van der Waals surface area contributed by atoms with Crippen LogP contribution >= 0.6 is 0 Å². The number of benzene rings is 1. The number of aliphatic hydroxyl groups is 1. The number of aliphatic hydroxyl groups excluding tert-OH is 1. The highest BCUT2D eigenvalue weighted by atomic mass is 19.4. The fourth-order valence-electron chi connectivity index (χ4n) is 4.34. The summed E-state index contributed by atoms with van der Waals surface area (Å²) in [6.45, 7) is 1.42. The number of nitrogens with one attached hydrogen (secondary N) is 1. The van der Waals surface area contributed by atoms with Gasteiger partial charge in [-0.15, -0.1) is 0 Å². The van der Waals surface area contributed by atoms with Crippen molar-refractivity contribution in [2.24, 2.45) is 0 Å². The fourth-order valence-corrected chi connectivity index (χ4v) is 4.34. The van der Waals surface area contributed by atoms with Crippen molar-refractivity contribution in [1.82, 2.24) is 15.0 Å². The lowest BCUT2D eigenvalue weighted by molar-refractivity contribution is -0.136. The predicted octanol–water partition coefficient (Wildman–Crippen LogP) is 4.90. The highest BCUT2D eigenvalue weighted by molar-refractivity contribution is 5.96. The number of hydrogen-bond acceptors (Lipinski definition) is 7. The lowest BCUT2D eigenvalue weighted by Gasteiger charge is -2.31. The van der Waals surface area contributed by atoms with Gasteiger partial charge in [-0.05, 0) is 30.9 Å². The molecule has 5 rings (SSSR count). The van der Waals surface area contributed by atoms with Gasteiger partial charge in [0.05, 0.1) is 34.9 Å². The summed E-state index contributed by atoms with van der Waals surface area (Å²) in [5, 5.41) is 22.3.